The second-order valence-electron chi connectivity index (χ2n) is 7.01. The first-order valence-electron chi connectivity index (χ1n) is 8.96. The fraction of sp³-hybridized carbons (Fsp3) is 0.333. The molecule has 1 aliphatic rings. The molecule has 27 heavy (non-hydrogen) atoms. The number of hydrazine groups is 1. The van der Waals surface area contributed by atoms with Crippen LogP contribution < -0.4 is 15.6 Å². The summed E-state index contributed by atoms with van der Waals surface area (Å²) < 4.78 is 5.56. The number of hydrogen-bond acceptors (Lipinski definition) is 3. The van der Waals surface area contributed by atoms with Crippen molar-refractivity contribution >= 4 is 23.4 Å². The predicted molar refractivity (Wildman–Crippen MR) is 105 cm³/mol. The molecule has 5 nitrogen and oxygen atoms in total. The van der Waals surface area contributed by atoms with Gasteiger partial charge in [0.2, 0.25) is 5.91 Å². The van der Waals surface area contributed by atoms with Crippen LogP contribution in [0, 0.1) is 13.8 Å². The maximum Gasteiger partial charge on any atom is 0.276 e. The van der Waals surface area contributed by atoms with E-state index in [9.17, 15) is 9.59 Å². The Hall–Kier alpha value is -2.53. The summed E-state index contributed by atoms with van der Waals surface area (Å²) in [5.74, 6) is 0.0202. The number of benzene rings is 2. The number of carbonyl (C=O) groups is 2. The smallest absolute Gasteiger partial charge is 0.276 e. The van der Waals surface area contributed by atoms with E-state index >= 15 is 0 Å². The summed E-state index contributed by atoms with van der Waals surface area (Å²) in [5, 5.41) is 0.595. The molecule has 0 atom stereocenters. The van der Waals surface area contributed by atoms with Crippen LogP contribution in [-0.4, -0.2) is 18.4 Å². The zero-order valence-electron chi connectivity index (χ0n) is 15.5. The molecule has 1 fully saturated rings. The van der Waals surface area contributed by atoms with Gasteiger partial charge in [-0.2, -0.15) is 0 Å². The molecule has 3 rings (SSSR count). The molecule has 0 saturated heterocycles. The third-order valence-corrected chi connectivity index (χ3v) is 5.27. The van der Waals surface area contributed by atoms with Crippen molar-refractivity contribution in [3.05, 3.63) is 64.2 Å². The molecule has 2 aromatic rings. The van der Waals surface area contributed by atoms with Gasteiger partial charge < -0.3 is 4.74 Å². The molecule has 1 saturated carbocycles. The minimum Gasteiger partial charge on any atom is -0.483 e. The van der Waals surface area contributed by atoms with Crippen LogP contribution in [0.2, 0.25) is 5.02 Å². The van der Waals surface area contributed by atoms with Gasteiger partial charge in [-0.05, 0) is 61.6 Å². The van der Waals surface area contributed by atoms with Crippen molar-refractivity contribution in [1.29, 1.82) is 0 Å². The summed E-state index contributed by atoms with van der Waals surface area (Å²) in [7, 11) is 0. The van der Waals surface area contributed by atoms with Gasteiger partial charge in [0.15, 0.2) is 6.61 Å². The van der Waals surface area contributed by atoms with Gasteiger partial charge in [0.05, 0.1) is 5.41 Å². The SMILES string of the molecule is Cc1ccc(C)c(OCC(=O)NNC(=O)C2(c3cccc(Cl)c3)CCC2)c1. The minimum atomic E-state index is -0.633. The number of carbonyl (C=O) groups excluding carboxylic acids is 2. The van der Waals surface area contributed by atoms with Crippen LogP contribution in [0.25, 0.3) is 0 Å². The molecule has 6 heteroatoms. The molecule has 2 aromatic carbocycles. The van der Waals surface area contributed by atoms with Gasteiger partial charge in [-0.25, -0.2) is 0 Å². The monoisotopic (exact) mass is 386 g/mol. The van der Waals surface area contributed by atoms with Crippen molar-refractivity contribution < 1.29 is 14.3 Å². The average molecular weight is 387 g/mol. The predicted octanol–water partition coefficient (Wildman–Crippen LogP) is 3.60. The quantitative estimate of drug-likeness (QED) is 0.771. The topological polar surface area (TPSA) is 67.4 Å². The normalized spacial score (nSPS) is 14.8. The molecule has 0 aromatic heterocycles. The van der Waals surface area contributed by atoms with E-state index in [1.807, 2.05) is 50.2 Å². The Labute approximate surface area is 164 Å². The largest absolute Gasteiger partial charge is 0.483 e. The first-order chi connectivity index (χ1) is 12.9. The van der Waals surface area contributed by atoms with Crippen LogP contribution in [0.3, 0.4) is 0 Å². The highest BCUT2D eigenvalue weighted by molar-refractivity contribution is 6.30. The van der Waals surface area contributed by atoms with Crippen molar-refractivity contribution in [2.45, 2.75) is 38.5 Å². The van der Waals surface area contributed by atoms with Gasteiger partial charge in [0, 0.05) is 5.02 Å². The lowest BCUT2D eigenvalue weighted by atomic mass is 9.64. The van der Waals surface area contributed by atoms with Gasteiger partial charge in [-0.1, -0.05) is 42.3 Å². The fourth-order valence-electron chi connectivity index (χ4n) is 3.25. The Morgan fingerprint density at radius 3 is 2.56 bits per heavy atom. The Bertz CT molecular complexity index is 862. The van der Waals surface area contributed by atoms with Crippen LogP contribution in [0.1, 0.15) is 36.0 Å². The fourth-order valence-corrected chi connectivity index (χ4v) is 3.44. The zero-order valence-corrected chi connectivity index (χ0v) is 16.2. The second-order valence-corrected chi connectivity index (χ2v) is 7.44. The molecule has 2 N–H and O–H groups in total. The summed E-state index contributed by atoms with van der Waals surface area (Å²) in [6, 6.07) is 13.1. The Morgan fingerprint density at radius 1 is 1.11 bits per heavy atom. The van der Waals surface area contributed by atoms with Crippen molar-refractivity contribution in [3.63, 3.8) is 0 Å². The molecule has 0 heterocycles. The first kappa shape index (κ1) is 19.2. The summed E-state index contributed by atoms with van der Waals surface area (Å²) in [4.78, 5) is 24.8. The molecule has 0 spiro atoms. The average Bonchev–Trinajstić information content (AvgIpc) is 2.60. The Morgan fingerprint density at radius 2 is 1.89 bits per heavy atom. The molecule has 0 aliphatic heterocycles. The Kier molecular flexibility index (Phi) is 5.71. The minimum absolute atomic E-state index is 0.172. The van der Waals surface area contributed by atoms with Gasteiger partial charge in [0.25, 0.3) is 5.91 Å². The first-order valence-corrected chi connectivity index (χ1v) is 9.34. The summed E-state index contributed by atoms with van der Waals surface area (Å²) >= 11 is 6.07. The molecular formula is C21H23ClN2O3. The van der Waals surface area contributed by atoms with E-state index in [4.69, 9.17) is 16.3 Å². The highest BCUT2D eigenvalue weighted by Gasteiger charge is 2.45. The summed E-state index contributed by atoms with van der Waals surface area (Å²) in [6.07, 6.45) is 2.42. The third kappa shape index (κ3) is 4.25. The van der Waals surface area contributed by atoms with E-state index < -0.39 is 11.3 Å². The number of hydrogen-bond donors (Lipinski definition) is 2. The van der Waals surface area contributed by atoms with Crippen LogP contribution in [0.4, 0.5) is 0 Å². The number of halogens is 1. The van der Waals surface area contributed by atoms with E-state index in [1.165, 1.54) is 0 Å². The zero-order chi connectivity index (χ0) is 19.4. The standard InChI is InChI=1S/C21H23ClN2O3/c1-14-7-8-15(2)18(11-14)27-13-19(25)23-24-20(26)21(9-4-10-21)16-5-3-6-17(22)12-16/h3,5-8,11-12H,4,9-10,13H2,1-2H3,(H,23,25)(H,24,26). The number of ether oxygens (including phenoxy) is 1. The lowest BCUT2D eigenvalue weighted by Crippen LogP contribution is -2.55. The van der Waals surface area contributed by atoms with E-state index in [-0.39, 0.29) is 12.5 Å². The van der Waals surface area contributed by atoms with Gasteiger partial charge in [0.1, 0.15) is 5.75 Å². The highest BCUT2D eigenvalue weighted by atomic mass is 35.5. The van der Waals surface area contributed by atoms with E-state index in [2.05, 4.69) is 10.9 Å². The van der Waals surface area contributed by atoms with Crippen molar-refractivity contribution in [3.8, 4) is 5.75 Å². The van der Waals surface area contributed by atoms with Crippen LogP contribution >= 0.6 is 11.6 Å². The molecular weight excluding hydrogens is 364 g/mol. The molecule has 0 bridgehead atoms. The van der Waals surface area contributed by atoms with Crippen molar-refractivity contribution in [2.24, 2.45) is 0 Å². The lowest BCUT2D eigenvalue weighted by molar-refractivity contribution is -0.135. The molecule has 0 unspecified atom stereocenters. The number of rotatable bonds is 5. The van der Waals surface area contributed by atoms with Crippen LogP contribution in [0.15, 0.2) is 42.5 Å². The van der Waals surface area contributed by atoms with Crippen molar-refractivity contribution in [2.75, 3.05) is 6.61 Å². The number of nitrogens with one attached hydrogen (secondary N) is 2. The Balaban J connectivity index is 1.56. The molecule has 0 radical (unpaired) electrons. The molecule has 1 aliphatic carbocycles. The van der Waals surface area contributed by atoms with E-state index in [0.29, 0.717) is 10.8 Å². The van der Waals surface area contributed by atoms with E-state index in [0.717, 1.165) is 36.0 Å². The summed E-state index contributed by atoms with van der Waals surface area (Å²) in [5.41, 5.74) is 7.24. The lowest BCUT2D eigenvalue weighted by Gasteiger charge is -2.40. The molecule has 2 amide bonds. The molecule has 142 valence electrons. The highest BCUT2D eigenvalue weighted by Crippen LogP contribution is 2.44. The maximum atomic E-state index is 12.7. The third-order valence-electron chi connectivity index (χ3n) is 5.04. The maximum absolute atomic E-state index is 12.7. The van der Waals surface area contributed by atoms with E-state index in [1.54, 1.807) is 6.07 Å². The van der Waals surface area contributed by atoms with Gasteiger partial charge >= 0.3 is 0 Å². The second kappa shape index (κ2) is 8.01. The van der Waals surface area contributed by atoms with Crippen LogP contribution in [0.5, 0.6) is 5.75 Å². The number of aryl methyl sites for hydroxylation is 2. The number of amides is 2. The van der Waals surface area contributed by atoms with Gasteiger partial charge in [-0.3, -0.25) is 20.4 Å². The van der Waals surface area contributed by atoms with Crippen LogP contribution in [-0.2, 0) is 15.0 Å². The van der Waals surface area contributed by atoms with Gasteiger partial charge in [-0.15, -0.1) is 0 Å². The summed E-state index contributed by atoms with van der Waals surface area (Å²) in [6.45, 7) is 3.70. The van der Waals surface area contributed by atoms with Crippen molar-refractivity contribution in [1.82, 2.24) is 10.9 Å².